The van der Waals surface area contributed by atoms with Gasteiger partial charge < -0.3 is 4.90 Å². The summed E-state index contributed by atoms with van der Waals surface area (Å²) in [6, 6.07) is 11.2. The molecule has 92 valence electrons. The average molecular weight is 261 g/mol. The molecule has 0 saturated heterocycles. The molecule has 18 heavy (non-hydrogen) atoms. The van der Waals surface area contributed by atoms with E-state index >= 15 is 0 Å². The maximum absolute atomic E-state index is 12.4. The summed E-state index contributed by atoms with van der Waals surface area (Å²) in [4.78, 5) is 17.9. The summed E-state index contributed by atoms with van der Waals surface area (Å²) in [6.45, 7) is 1.79. The number of para-hydroxylation sites is 1. The fourth-order valence-corrected chi connectivity index (χ4v) is 1.85. The van der Waals surface area contributed by atoms with Crippen LogP contribution in [0.1, 0.15) is 15.9 Å². The molecule has 4 heteroatoms. The summed E-state index contributed by atoms with van der Waals surface area (Å²) < 4.78 is 0. The highest BCUT2D eigenvalue weighted by molar-refractivity contribution is 6.30. The van der Waals surface area contributed by atoms with E-state index in [0.29, 0.717) is 16.3 Å². The smallest absolute Gasteiger partial charge is 0.258 e. The van der Waals surface area contributed by atoms with E-state index in [2.05, 4.69) is 4.98 Å². The molecule has 0 N–H and O–H groups in total. The Labute approximate surface area is 111 Å². The van der Waals surface area contributed by atoms with E-state index in [1.165, 1.54) is 0 Å². The van der Waals surface area contributed by atoms with Crippen LogP contribution in [0.5, 0.6) is 0 Å². The van der Waals surface area contributed by atoms with Crippen molar-refractivity contribution >= 4 is 23.2 Å². The first-order chi connectivity index (χ1) is 8.61. The van der Waals surface area contributed by atoms with Gasteiger partial charge in [0.2, 0.25) is 0 Å². The van der Waals surface area contributed by atoms with Gasteiger partial charge in [-0.25, -0.2) is 4.98 Å². The second kappa shape index (κ2) is 5.19. The van der Waals surface area contributed by atoms with Crippen molar-refractivity contribution in [3.63, 3.8) is 0 Å². The van der Waals surface area contributed by atoms with Crippen molar-refractivity contribution in [3.05, 3.63) is 58.9 Å². The van der Waals surface area contributed by atoms with Crippen LogP contribution in [0.4, 0.5) is 5.69 Å². The zero-order chi connectivity index (χ0) is 13.1. The second-order valence-electron chi connectivity index (χ2n) is 3.97. The minimum absolute atomic E-state index is 0.0944. The summed E-state index contributed by atoms with van der Waals surface area (Å²) >= 11 is 5.93. The molecule has 1 aromatic carbocycles. The van der Waals surface area contributed by atoms with Gasteiger partial charge in [0, 0.05) is 24.5 Å². The average Bonchev–Trinajstić information content (AvgIpc) is 2.41. The van der Waals surface area contributed by atoms with Crippen molar-refractivity contribution in [3.8, 4) is 0 Å². The van der Waals surface area contributed by atoms with E-state index in [1.54, 1.807) is 31.1 Å². The normalized spacial score (nSPS) is 10.2. The summed E-state index contributed by atoms with van der Waals surface area (Å²) in [7, 11) is 1.74. The number of pyridine rings is 1. The molecule has 2 rings (SSSR count). The molecule has 0 atom stereocenters. The fourth-order valence-electron chi connectivity index (χ4n) is 1.69. The molecule has 0 bridgehead atoms. The van der Waals surface area contributed by atoms with Crippen molar-refractivity contribution in [2.45, 2.75) is 6.92 Å². The molecular formula is C14H13ClN2O. The lowest BCUT2D eigenvalue weighted by atomic mass is 10.1. The maximum Gasteiger partial charge on any atom is 0.258 e. The number of rotatable bonds is 2. The van der Waals surface area contributed by atoms with Crippen LogP contribution >= 0.6 is 11.6 Å². The van der Waals surface area contributed by atoms with E-state index in [-0.39, 0.29) is 5.91 Å². The van der Waals surface area contributed by atoms with Crippen LogP contribution in [0.3, 0.4) is 0 Å². The third kappa shape index (κ3) is 2.36. The van der Waals surface area contributed by atoms with Gasteiger partial charge in [-0.2, -0.15) is 0 Å². The molecule has 0 fully saturated rings. The SMILES string of the molecule is Cc1c(C(=O)N(C)c2ccccc2)ccnc1Cl. The van der Waals surface area contributed by atoms with Crippen LogP contribution < -0.4 is 4.90 Å². The number of halogens is 1. The minimum Gasteiger partial charge on any atom is -0.311 e. The van der Waals surface area contributed by atoms with Crippen molar-refractivity contribution in [2.24, 2.45) is 0 Å². The zero-order valence-electron chi connectivity index (χ0n) is 10.2. The van der Waals surface area contributed by atoms with Gasteiger partial charge in [-0.3, -0.25) is 4.79 Å². The Bertz CT molecular complexity index is 569. The number of hydrogen-bond acceptors (Lipinski definition) is 2. The van der Waals surface area contributed by atoms with Crippen molar-refractivity contribution < 1.29 is 4.79 Å². The molecule has 0 saturated carbocycles. The second-order valence-corrected chi connectivity index (χ2v) is 4.33. The molecular weight excluding hydrogens is 248 g/mol. The van der Waals surface area contributed by atoms with Crippen molar-refractivity contribution in [2.75, 3.05) is 11.9 Å². The molecule has 3 nitrogen and oxygen atoms in total. The van der Waals surface area contributed by atoms with E-state index in [4.69, 9.17) is 11.6 Å². The Morgan fingerprint density at radius 1 is 1.22 bits per heavy atom. The number of hydrogen-bond donors (Lipinski definition) is 0. The van der Waals surface area contributed by atoms with Gasteiger partial charge in [0.05, 0.1) is 0 Å². The van der Waals surface area contributed by atoms with Gasteiger partial charge in [0.25, 0.3) is 5.91 Å². The van der Waals surface area contributed by atoms with Gasteiger partial charge in [0.15, 0.2) is 0 Å². The summed E-state index contributed by atoms with van der Waals surface area (Å²) in [5.74, 6) is -0.0944. The van der Waals surface area contributed by atoms with Gasteiger partial charge in [-0.15, -0.1) is 0 Å². The Hall–Kier alpha value is -1.87. The first kappa shape index (κ1) is 12.6. The summed E-state index contributed by atoms with van der Waals surface area (Å²) in [5.41, 5.74) is 2.11. The summed E-state index contributed by atoms with van der Waals surface area (Å²) in [5, 5.41) is 0.363. The number of carbonyl (C=O) groups excluding carboxylic acids is 1. The van der Waals surface area contributed by atoms with Crippen LogP contribution in [0.15, 0.2) is 42.6 Å². The predicted molar refractivity (Wildman–Crippen MR) is 73.2 cm³/mol. The number of nitrogens with zero attached hydrogens (tertiary/aromatic N) is 2. The monoisotopic (exact) mass is 260 g/mol. The van der Waals surface area contributed by atoms with E-state index in [9.17, 15) is 4.79 Å². The molecule has 0 aliphatic carbocycles. The third-order valence-corrected chi connectivity index (χ3v) is 3.20. The fraction of sp³-hybridized carbons (Fsp3) is 0.143. The highest BCUT2D eigenvalue weighted by Crippen LogP contribution is 2.20. The predicted octanol–water partition coefficient (Wildman–Crippen LogP) is 3.32. The van der Waals surface area contributed by atoms with E-state index < -0.39 is 0 Å². The molecule has 1 amide bonds. The quantitative estimate of drug-likeness (QED) is 0.776. The van der Waals surface area contributed by atoms with Crippen LogP contribution in [-0.4, -0.2) is 17.9 Å². The van der Waals surface area contributed by atoms with E-state index in [0.717, 1.165) is 5.69 Å². The maximum atomic E-state index is 12.4. The number of amides is 1. The Balaban J connectivity index is 2.35. The lowest BCUT2D eigenvalue weighted by Crippen LogP contribution is -2.27. The molecule has 0 aliphatic rings. The lowest BCUT2D eigenvalue weighted by molar-refractivity contribution is 0.0992. The Morgan fingerprint density at radius 3 is 2.56 bits per heavy atom. The van der Waals surface area contributed by atoms with Gasteiger partial charge in [0.1, 0.15) is 5.15 Å². The zero-order valence-corrected chi connectivity index (χ0v) is 11.0. The molecule has 1 aromatic heterocycles. The number of aromatic nitrogens is 1. The van der Waals surface area contributed by atoms with Crippen molar-refractivity contribution in [1.82, 2.24) is 4.98 Å². The standard InChI is InChI=1S/C14H13ClN2O/c1-10-12(8-9-16-13(10)15)14(18)17(2)11-6-4-3-5-7-11/h3-9H,1-2H3. The van der Waals surface area contributed by atoms with Crippen LogP contribution in [-0.2, 0) is 0 Å². The van der Waals surface area contributed by atoms with E-state index in [1.807, 2.05) is 30.3 Å². The highest BCUT2D eigenvalue weighted by Gasteiger charge is 2.16. The first-order valence-electron chi connectivity index (χ1n) is 5.55. The first-order valence-corrected chi connectivity index (χ1v) is 5.93. The highest BCUT2D eigenvalue weighted by atomic mass is 35.5. The van der Waals surface area contributed by atoms with Gasteiger partial charge in [-0.1, -0.05) is 29.8 Å². The topological polar surface area (TPSA) is 33.2 Å². The molecule has 0 unspecified atom stereocenters. The molecule has 0 spiro atoms. The molecule has 0 radical (unpaired) electrons. The molecule has 1 heterocycles. The number of benzene rings is 1. The molecule has 2 aromatic rings. The Kier molecular flexibility index (Phi) is 3.63. The molecule has 0 aliphatic heterocycles. The van der Waals surface area contributed by atoms with Crippen LogP contribution in [0.25, 0.3) is 0 Å². The van der Waals surface area contributed by atoms with Crippen LogP contribution in [0, 0.1) is 6.92 Å². The summed E-state index contributed by atoms with van der Waals surface area (Å²) in [6.07, 6.45) is 1.54. The van der Waals surface area contributed by atoms with Gasteiger partial charge >= 0.3 is 0 Å². The van der Waals surface area contributed by atoms with Crippen LogP contribution in [0.2, 0.25) is 5.15 Å². The Morgan fingerprint density at radius 2 is 1.89 bits per heavy atom. The largest absolute Gasteiger partial charge is 0.311 e. The third-order valence-electron chi connectivity index (χ3n) is 2.82. The lowest BCUT2D eigenvalue weighted by Gasteiger charge is -2.18. The minimum atomic E-state index is -0.0944. The van der Waals surface area contributed by atoms with Gasteiger partial charge in [-0.05, 0) is 30.7 Å². The number of anilines is 1. The number of carbonyl (C=O) groups is 1. The van der Waals surface area contributed by atoms with Crippen molar-refractivity contribution in [1.29, 1.82) is 0 Å².